The molecule has 0 atom stereocenters. The molecule has 0 aliphatic carbocycles. The Kier molecular flexibility index (Phi) is 3.38. The summed E-state index contributed by atoms with van der Waals surface area (Å²) in [5.74, 6) is 1.16. The Morgan fingerprint density at radius 3 is 2.65 bits per heavy atom. The Morgan fingerprint density at radius 2 is 1.80 bits per heavy atom. The largest absolute Gasteiger partial charge is 0.455 e. The van der Waals surface area contributed by atoms with Crippen molar-refractivity contribution in [2.75, 3.05) is 5.73 Å². The van der Waals surface area contributed by atoms with Gasteiger partial charge >= 0.3 is 0 Å². The smallest absolute Gasteiger partial charge is 0.148 e. The summed E-state index contributed by atoms with van der Waals surface area (Å²) in [6, 6.07) is 12.3. The molecule has 1 heterocycles. The van der Waals surface area contributed by atoms with E-state index in [1.54, 1.807) is 42.6 Å². The zero-order valence-corrected chi connectivity index (χ0v) is 11.8. The van der Waals surface area contributed by atoms with Crippen LogP contribution >= 0.6 is 23.2 Å². The number of hydrogen-bond acceptors (Lipinski definition) is 3. The van der Waals surface area contributed by atoms with Crippen LogP contribution in [0.4, 0.5) is 5.69 Å². The molecule has 0 aliphatic heterocycles. The van der Waals surface area contributed by atoms with E-state index in [1.807, 2.05) is 6.07 Å². The number of anilines is 1. The third-order valence-electron chi connectivity index (χ3n) is 2.84. The molecule has 100 valence electrons. The first kappa shape index (κ1) is 13.0. The number of nitrogens with zero attached hydrogens (tertiary/aromatic N) is 1. The van der Waals surface area contributed by atoms with Crippen molar-refractivity contribution in [3.8, 4) is 11.5 Å². The average Bonchev–Trinajstić information content (AvgIpc) is 2.43. The molecule has 1 aromatic heterocycles. The summed E-state index contributed by atoms with van der Waals surface area (Å²) < 4.78 is 5.85. The van der Waals surface area contributed by atoms with E-state index in [-0.39, 0.29) is 0 Å². The summed E-state index contributed by atoms with van der Waals surface area (Å²) in [5.41, 5.74) is 7.09. The Morgan fingerprint density at radius 1 is 0.950 bits per heavy atom. The van der Waals surface area contributed by atoms with Crippen LogP contribution in [-0.4, -0.2) is 4.98 Å². The molecule has 0 radical (unpaired) electrons. The average molecular weight is 305 g/mol. The molecule has 0 aliphatic rings. The molecule has 0 spiro atoms. The van der Waals surface area contributed by atoms with Crippen LogP contribution in [0, 0.1) is 0 Å². The topological polar surface area (TPSA) is 48.1 Å². The second kappa shape index (κ2) is 5.19. The summed E-state index contributed by atoms with van der Waals surface area (Å²) >= 11 is 12.1. The predicted molar refractivity (Wildman–Crippen MR) is 82.7 cm³/mol. The van der Waals surface area contributed by atoms with Crippen molar-refractivity contribution in [1.29, 1.82) is 0 Å². The lowest BCUT2D eigenvalue weighted by Crippen LogP contribution is -1.91. The summed E-state index contributed by atoms with van der Waals surface area (Å²) in [7, 11) is 0. The van der Waals surface area contributed by atoms with Crippen LogP contribution in [0.5, 0.6) is 11.5 Å². The SMILES string of the molecule is Nc1ccc(Cl)c(Oc2ccnc3cc(Cl)ccc23)c1. The van der Waals surface area contributed by atoms with Crippen molar-refractivity contribution in [2.45, 2.75) is 0 Å². The van der Waals surface area contributed by atoms with Gasteiger partial charge in [-0.1, -0.05) is 23.2 Å². The molecule has 5 heteroatoms. The fraction of sp³-hybridized carbons (Fsp3) is 0. The van der Waals surface area contributed by atoms with E-state index in [0.29, 0.717) is 27.2 Å². The van der Waals surface area contributed by atoms with Gasteiger partial charge in [-0.05, 0) is 36.4 Å². The van der Waals surface area contributed by atoms with Gasteiger partial charge in [-0.15, -0.1) is 0 Å². The van der Waals surface area contributed by atoms with Gasteiger partial charge < -0.3 is 10.5 Å². The van der Waals surface area contributed by atoms with Crippen molar-refractivity contribution in [3.63, 3.8) is 0 Å². The number of rotatable bonds is 2. The summed E-state index contributed by atoms with van der Waals surface area (Å²) in [5, 5.41) is 1.98. The van der Waals surface area contributed by atoms with Crippen molar-refractivity contribution < 1.29 is 4.74 Å². The van der Waals surface area contributed by atoms with Crippen LogP contribution in [0.15, 0.2) is 48.7 Å². The minimum Gasteiger partial charge on any atom is -0.455 e. The molecule has 0 unspecified atom stereocenters. The number of nitrogens with two attached hydrogens (primary N) is 1. The molecule has 20 heavy (non-hydrogen) atoms. The van der Waals surface area contributed by atoms with E-state index in [1.165, 1.54) is 0 Å². The second-order valence-electron chi connectivity index (χ2n) is 4.26. The molecule has 3 nitrogen and oxygen atoms in total. The molecule has 2 N–H and O–H groups in total. The van der Waals surface area contributed by atoms with Gasteiger partial charge in [-0.3, -0.25) is 4.98 Å². The fourth-order valence-electron chi connectivity index (χ4n) is 1.90. The summed E-state index contributed by atoms with van der Waals surface area (Å²) in [6.45, 7) is 0. The molecule has 0 bridgehead atoms. The Balaban J connectivity index is 2.09. The van der Waals surface area contributed by atoms with E-state index in [9.17, 15) is 0 Å². The minimum atomic E-state index is 0.498. The zero-order chi connectivity index (χ0) is 14.1. The van der Waals surface area contributed by atoms with E-state index in [0.717, 1.165) is 10.9 Å². The zero-order valence-electron chi connectivity index (χ0n) is 10.3. The van der Waals surface area contributed by atoms with E-state index >= 15 is 0 Å². The second-order valence-corrected chi connectivity index (χ2v) is 5.11. The van der Waals surface area contributed by atoms with Crippen LogP contribution in [0.2, 0.25) is 10.0 Å². The fourth-order valence-corrected chi connectivity index (χ4v) is 2.22. The van der Waals surface area contributed by atoms with Gasteiger partial charge in [-0.2, -0.15) is 0 Å². The highest BCUT2D eigenvalue weighted by Crippen LogP contribution is 2.34. The molecule has 0 saturated carbocycles. The first-order chi connectivity index (χ1) is 9.63. The Hall–Kier alpha value is -1.97. The lowest BCUT2D eigenvalue weighted by atomic mass is 10.2. The van der Waals surface area contributed by atoms with Crippen molar-refractivity contribution in [2.24, 2.45) is 0 Å². The lowest BCUT2D eigenvalue weighted by Gasteiger charge is -2.10. The maximum atomic E-state index is 6.11. The molecule has 0 saturated heterocycles. The van der Waals surface area contributed by atoms with Crippen molar-refractivity contribution >= 4 is 39.8 Å². The summed E-state index contributed by atoms with van der Waals surface area (Å²) in [4.78, 5) is 4.26. The third-order valence-corrected chi connectivity index (χ3v) is 3.39. The van der Waals surface area contributed by atoms with Gasteiger partial charge in [-0.25, -0.2) is 0 Å². The highest BCUT2D eigenvalue weighted by molar-refractivity contribution is 6.32. The molecule has 0 amide bonds. The number of halogens is 2. The van der Waals surface area contributed by atoms with Crippen LogP contribution in [0.3, 0.4) is 0 Å². The van der Waals surface area contributed by atoms with Crippen molar-refractivity contribution in [1.82, 2.24) is 4.98 Å². The maximum absolute atomic E-state index is 6.11. The number of aromatic nitrogens is 1. The Bertz CT molecular complexity index is 790. The van der Waals surface area contributed by atoms with E-state index in [4.69, 9.17) is 33.7 Å². The third kappa shape index (κ3) is 2.50. The molecule has 2 aromatic carbocycles. The predicted octanol–water partition coefficient (Wildman–Crippen LogP) is 4.92. The maximum Gasteiger partial charge on any atom is 0.148 e. The highest BCUT2D eigenvalue weighted by atomic mass is 35.5. The lowest BCUT2D eigenvalue weighted by molar-refractivity contribution is 0.488. The first-order valence-corrected chi connectivity index (χ1v) is 6.66. The number of nitrogen functional groups attached to an aromatic ring is 1. The number of hydrogen-bond donors (Lipinski definition) is 1. The van der Waals surface area contributed by atoms with Crippen LogP contribution in [-0.2, 0) is 0 Å². The monoisotopic (exact) mass is 304 g/mol. The van der Waals surface area contributed by atoms with Gasteiger partial charge in [0, 0.05) is 28.4 Å². The van der Waals surface area contributed by atoms with E-state index < -0.39 is 0 Å². The molecular formula is C15H10Cl2N2O. The number of ether oxygens (including phenoxy) is 1. The van der Waals surface area contributed by atoms with Crippen LogP contribution < -0.4 is 10.5 Å². The van der Waals surface area contributed by atoms with Crippen LogP contribution in [0.1, 0.15) is 0 Å². The highest BCUT2D eigenvalue weighted by Gasteiger charge is 2.08. The number of fused-ring (bicyclic) bond motifs is 1. The molecule has 3 rings (SSSR count). The van der Waals surface area contributed by atoms with Gasteiger partial charge in [0.1, 0.15) is 11.5 Å². The summed E-state index contributed by atoms with van der Waals surface area (Å²) in [6.07, 6.45) is 1.66. The Labute approximate surface area is 125 Å². The van der Waals surface area contributed by atoms with Gasteiger partial charge in [0.25, 0.3) is 0 Å². The van der Waals surface area contributed by atoms with Gasteiger partial charge in [0.15, 0.2) is 0 Å². The van der Waals surface area contributed by atoms with Gasteiger partial charge in [0.05, 0.1) is 10.5 Å². The molecule has 3 aromatic rings. The minimum absolute atomic E-state index is 0.498. The molecule has 0 fully saturated rings. The van der Waals surface area contributed by atoms with E-state index in [2.05, 4.69) is 4.98 Å². The molecular weight excluding hydrogens is 295 g/mol. The standard InChI is InChI=1S/C15H10Cl2N2O/c16-9-1-3-11-13(7-9)19-6-5-14(11)20-15-8-10(18)2-4-12(15)17/h1-8H,18H2. The normalized spacial score (nSPS) is 10.7. The first-order valence-electron chi connectivity index (χ1n) is 5.90. The quantitative estimate of drug-likeness (QED) is 0.684. The number of pyridine rings is 1. The van der Waals surface area contributed by atoms with Crippen LogP contribution in [0.25, 0.3) is 10.9 Å². The van der Waals surface area contributed by atoms with Crippen molar-refractivity contribution in [3.05, 3.63) is 58.7 Å². The van der Waals surface area contributed by atoms with Gasteiger partial charge in [0.2, 0.25) is 0 Å². The number of benzene rings is 2.